The van der Waals surface area contributed by atoms with E-state index < -0.39 is 5.91 Å². The van der Waals surface area contributed by atoms with Crippen LogP contribution in [-0.4, -0.2) is 33.0 Å². The topological polar surface area (TPSA) is 116 Å². The number of nitrogens with zero attached hydrogens (tertiary/aromatic N) is 4. The molecule has 3 N–H and O–H groups in total. The Morgan fingerprint density at radius 2 is 1.66 bits per heavy atom. The third kappa shape index (κ3) is 4.49. The van der Waals surface area contributed by atoms with Crippen LogP contribution in [0.3, 0.4) is 0 Å². The molecule has 0 saturated heterocycles. The van der Waals surface area contributed by atoms with Crippen LogP contribution in [-0.2, 0) is 6.54 Å². The van der Waals surface area contributed by atoms with Gasteiger partial charge in [0.25, 0.3) is 5.91 Å². The Morgan fingerprint density at radius 1 is 0.886 bits per heavy atom. The van der Waals surface area contributed by atoms with Crippen LogP contribution in [0.2, 0.25) is 0 Å². The lowest BCUT2D eigenvalue weighted by molar-refractivity contribution is 0.0946. The minimum Gasteiger partial charge on any atom is -0.481 e. The van der Waals surface area contributed by atoms with Crippen molar-refractivity contribution in [2.75, 3.05) is 12.8 Å². The van der Waals surface area contributed by atoms with Gasteiger partial charge < -0.3 is 15.8 Å². The van der Waals surface area contributed by atoms with E-state index in [1.807, 2.05) is 66.7 Å². The number of nitrogens with one attached hydrogen (secondary N) is 1. The summed E-state index contributed by atoms with van der Waals surface area (Å²) in [5, 5.41) is 3.80. The van der Waals surface area contributed by atoms with Crippen molar-refractivity contribution in [3.05, 3.63) is 96.4 Å². The minimum atomic E-state index is -0.441. The Bertz CT molecular complexity index is 1520. The quantitative estimate of drug-likeness (QED) is 0.387. The van der Waals surface area contributed by atoms with Gasteiger partial charge in [0.15, 0.2) is 11.5 Å². The first-order valence-electron chi connectivity index (χ1n) is 11.0. The van der Waals surface area contributed by atoms with Gasteiger partial charge in [-0.1, -0.05) is 48.5 Å². The summed E-state index contributed by atoms with van der Waals surface area (Å²) in [6.07, 6.45) is 3.38. The van der Waals surface area contributed by atoms with Crippen LogP contribution >= 0.6 is 0 Å². The zero-order chi connectivity index (χ0) is 24.2. The molecule has 3 aromatic heterocycles. The molecule has 0 aliphatic heterocycles. The first kappa shape index (κ1) is 22.0. The maximum atomic E-state index is 13.1. The van der Waals surface area contributed by atoms with Gasteiger partial charge in [0.05, 0.1) is 24.0 Å². The highest BCUT2D eigenvalue weighted by molar-refractivity contribution is 5.98. The largest absolute Gasteiger partial charge is 0.481 e. The van der Waals surface area contributed by atoms with Crippen molar-refractivity contribution < 1.29 is 9.53 Å². The first-order valence-corrected chi connectivity index (χ1v) is 11.0. The third-order valence-corrected chi connectivity index (χ3v) is 5.54. The molecule has 0 atom stereocenters. The van der Waals surface area contributed by atoms with Crippen molar-refractivity contribution in [2.45, 2.75) is 6.54 Å². The van der Waals surface area contributed by atoms with Gasteiger partial charge in [-0.25, -0.2) is 15.0 Å². The number of hydrogen-bond acceptors (Lipinski definition) is 7. The molecule has 0 unspecified atom stereocenters. The van der Waals surface area contributed by atoms with E-state index in [-0.39, 0.29) is 18.1 Å². The van der Waals surface area contributed by atoms with Gasteiger partial charge in [-0.3, -0.25) is 9.78 Å². The van der Waals surface area contributed by atoms with Crippen molar-refractivity contribution in [1.82, 2.24) is 25.3 Å². The molecule has 3 heterocycles. The van der Waals surface area contributed by atoms with Gasteiger partial charge in [0.2, 0.25) is 5.88 Å². The van der Waals surface area contributed by atoms with Crippen molar-refractivity contribution >= 4 is 22.6 Å². The predicted molar refractivity (Wildman–Crippen MR) is 135 cm³/mol. The summed E-state index contributed by atoms with van der Waals surface area (Å²) in [6.45, 7) is 0.203. The predicted octanol–water partition coefficient (Wildman–Crippen LogP) is 4.27. The summed E-state index contributed by atoms with van der Waals surface area (Å²) in [7, 11) is 1.53. The molecule has 172 valence electrons. The molecule has 0 aliphatic carbocycles. The smallest absolute Gasteiger partial charge is 0.274 e. The number of carbonyl (C=O) groups is 1. The molecule has 8 nitrogen and oxygen atoms in total. The zero-order valence-electron chi connectivity index (χ0n) is 19.0. The van der Waals surface area contributed by atoms with E-state index in [0.717, 1.165) is 27.6 Å². The molecular weight excluding hydrogens is 440 g/mol. The maximum absolute atomic E-state index is 13.1. The number of anilines is 1. The summed E-state index contributed by atoms with van der Waals surface area (Å²) in [4.78, 5) is 31.0. The van der Waals surface area contributed by atoms with Crippen LogP contribution < -0.4 is 15.8 Å². The molecule has 5 aromatic rings. The van der Waals surface area contributed by atoms with E-state index in [1.165, 1.54) is 7.11 Å². The number of benzene rings is 2. The highest BCUT2D eigenvalue weighted by atomic mass is 16.5. The number of amides is 1. The second kappa shape index (κ2) is 9.56. The molecule has 1 amide bonds. The Morgan fingerprint density at radius 3 is 2.49 bits per heavy atom. The number of ether oxygens (including phenoxy) is 1. The lowest BCUT2D eigenvalue weighted by Gasteiger charge is -2.14. The van der Waals surface area contributed by atoms with Gasteiger partial charge in [-0.05, 0) is 24.3 Å². The summed E-state index contributed by atoms with van der Waals surface area (Å²) in [5.41, 5.74) is 10.7. The Labute approximate surface area is 201 Å². The third-order valence-electron chi connectivity index (χ3n) is 5.54. The number of aromatic nitrogens is 4. The molecule has 0 fully saturated rings. The number of nitrogens with two attached hydrogens (primary N) is 1. The highest BCUT2D eigenvalue weighted by Gasteiger charge is 2.20. The zero-order valence-corrected chi connectivity index (χ0v) is 19.0. The average molecular weight is 463 g/mol. The van der Waals surface area contributed by atoms with E-state index >= 15 is 0 Å². The molecule has 8 heteroatoms. The van der Waals surface area contributed by atoms with Gasteiger partial charge in [-0.15, -0.1) is 0 Å². The van der Waals surface area contributed by atoms with Crippen LogP contribution in [0.15, 0.2) is 85.2 Å². The number of methoxy groups -OCH3 is 1. The number of hydrogen-bond donors (Lipinski definition) is 2. The van der Waals surface area contributed by atoms with Crippen LogP contribution in [0, 0.1) is 0 Å². The molecule has 5 rings (SSSR count). The second-order valence-electron chi connectivity index (χ2n) is 7.79. The lowest BCUT2D eigenvalue weighted by Crippen LogP contribution is -2.26. The van der Waals surface area contributed by atoms with E-state index in [1.54, 1.807) is 18.5 Å². The van der Waals surface area contributed by atoms with Gasteiger partial charge in [-0.2, -0.15) is 0 Å². The molecule has 0 saturated carbocycles. The van der Waals surface area contributed by atoms with E-state index in [0.29, 0.717) is 17.3 Å². The maximum Gasteiger partial charge on any atom is 0.274 e. The molecule has 0 spiro atoms. The lowest BCUT2D eigenvalue weighted by atomic mass is 10.0. The summed E-state index contributed by atoms with van der Waals surface area (Å²) in [6, 6.07) is 22.9. The number of pyridine rings is 2. The Hall–Kier alpha value is -4.85. The van der Waals surface area contributed by atoms with Gasteiger partial charge in [0, 0.05) is 41.0 Å². The molecule has 35 heavy (non-hydrogen) atoms. The number of nitrogen functional groups attached to an aromatic ring is 1. The van der Waals surface area contributed by atoms with Gasteiger partial charge >= 0.3 is 0 Å². The number of fused-ring (bicyclic) bond motifs is 1. The van der Waals surface area contributed by atoms with Crippen molar-refractivity contribution in [3.8, 4) is 28.4 Å². The Kier molecular flexibility index (Phi) is 6.00. The second-order valence-corrected chi connectivity index (χ2v) is 7.79. The van der Waals surface area contributed by atoms with Crippen molar-refractivity contribution in [2.24, 2.45) is 0 Å². The van der Waals surface area contributed by atoms with Crippen LogP contribution in [0.5, 0.6) is 5.88 Å². The van der Waals surface area contributed by atoms with E-state index in [2.05, 4.69) is 20.3 Å². The fourth-order valence-electron chi connectivity index (χ4n) is 3.84. The first-order chi connectivity index (χ1) is 17.1. The fourth-order valence-corrected chi connectivity index (χ4v) is 3.84. The van der Waals surface area contributed by atoms with Crippen LogP contribution in [0.25, 0.3) is 33.4 Å². The summed E-state index contributed by atoms with van der Waals surface area (Å²) >= 11 is 0. The molecular formula is C27H22N6O2. The standard InChI is InChI=1S/C27H22N6O2/c1-35-27-20(10-6-14-30-27)16-31-26(34)24-25(28)33-22(17-7-3-2-4-8-17)23(32-24)19-11-12-21-18(15-19)9-5-13-29-21/h2-15H,16H2,1H3,(H2,28,33)(H,31,34). The number of rotatable bonds is 6. The SMILES string of the molecule is COc1ncccc1CNC(=O)c1nc(-c2ccc3ncccc3c2)c(-c2ccccc2)nc1N. The molecule has 0 radical (unpaired) electrons. The van der Waals surface area contributed by atoms with E-state index in [9.17, 15) is 4.79 Å². The Balaban J connectivity index is 1.57. The van der Waals surface area contributed by atoms with Crippen molar-refractivity contribution in [1.29, 1.82) is 0 Å². The molecule has 0 bridgehead atoms. The van der Waals surface area contributed by atoms with Crippen LogP contribution in [0.4, 0.5) is 5.82 Å². The summed E-state index contributed by atoms with van der Waals surface area (Å²) in [5.74, 6) is 0.0479. The highest BCUT2D eigenvalue weighted by Crippen LogP contribution is 2.32. The fraction of sp³-hybridized carbons (Fsp3) is 0.0741. The normalized spacial score (nSPS) is 10.8. The average Bonchev–Trinajstić information content (AvgIpc) is 2.92. The van der Waals surface area contributed by atoms with Crippen LogP contribution in [0.1, 0.15) is 16.1 Å². The minimum absolute atomic E-state index is 0.0470. The van der Waals surface area contributed by atoms with Gasteiger partial charge in [0.1, 0.15) is 0 Å². The monoisotopic (exact) mass is 462 g/mol. The molecule has 0 aliphatic rings. The van der Waals surface area contributed by atoms with E-state index in [4.69, 9.17) is 15.5 Å². The summed E-state index contributed by atoms with van der Waals surface area (Å²) < 4.78 is 5.26. The molecule has 2 aromatic carbocycles. The number of carbonyl (C=O) groups excluding carboxylic acids is 1. The van der Waals surface area contributed by atoms with Crippen molar-refractivity contribution in [3.63, 3.8) is 0 Å².